The summed E-state index contributed by atoms with van der Waals surface area (Å²) in [6.07, 6.45) is 1.58. The molecule has 2 rings (SSSR count). The summed E-state index contributed by atoms with van der Waals surface area (Å²) in [5.41, 5.74) is 0.878. The summed E-state index contributed by atoms with van der Waals surface area (Å²) >= 11 is 0. The van der Waals surface area contributed by atoms with E-state index < -0.39 is 11.6 Å². The van der Waals surface area contributed by atoms with Crippen molar-refractivity contribution in [2.24, 2.45) is 0 Å². The van der Waals surface area contributed by atoms with Crippen LogP contribution in [0.4, 0.5) is 8.78 Å². The molecule has 0 bridgehead atoms. The molecule has 1 aromatic carbocycles. The van der Waals surface area contributed by atoms with Gasteiger partial charge in [0.2, 0.25) is 0 Å². The van der Waals surface area contributed by atoms with Gasteiger partial charge in [-0.2, -0.15) is 0 Å². The zero-order chi connectivity index (χ0) is 14.5. The highest BCUT2D eigenvalue weighted by atomic mass is 19.2. The predicted octanol–water partition coefficient (Wildman–Crippen LogP) is 3.63. The lowest BCUT2D eigenvalue weighted by Crippen LogP contribution is -2.22. The Morgan fingerprint density at radius 1 is 1.20 bits per heavy atom. The Morgan fingerprint density at radius 2 is 2.00 bits per heavy atom. The lowest BCUT2D eigenvalue weighted by molar-refractivity contribution is 0.298. The third-order valence-corrected chi connectivity index (χ3v) is 2.79. The maximum atomic E-state index is 13.1. The SMILES string of the molecule is CC(C)NCc1occc1COc1ccc(F)c(F)c1. The van der Waals surface area contributed by atoms with Gasteiger partial charge in [-0.3, -0.25) is 0 Å². The Morgan fingerprint density at radius 3 is 2.70 bits per heavy atom. The molecule has 1 heterocycles. The van der Waals surface area contributed by atoms with Crippen LogP contribution in [0.3, 0.4) is 0 Å². The first-order chi connectivity index (χ1) is 9.56. The van der Waals surface area contributed by atoms with Crippen LogP contribution in [0.15, 0.2) is 34.9 Å². The molecule has 20 heavy (non-hydrogen) atoms. The number of hydrogen-bond acceptors (Lipinski definition) is 3. The van der Waals surface area contributed by atoms with Gasteiger partial charge in [0.25, 0.3) is 0 Å². The van der Waals surface area contributed by atoms with Crippen molar-refractivity contribution in [2.75, 3.05) is 0 Å². The van der Waals surface area contributed by atoms with Crippen molar-refractivity contribution in [2.45, 2.75) is 33.0 Å². The van der Waals surface area contributed by atoms with E-state index in [1.807, 2.05) is 13.8 Å². The highest BCUT2D eigenvalue weighted by molar-refractivity contribution is 5.25. The van der Waals surface area contributed by atoms with E-state index in [1.54, 1.807) is 12.3 Å². The molecule has 0 aliphatic heterocycles. The summed E-state index contributed by atoms with van der Waals surface area (Å²) in [7, 11) is 0. The summed E-state index contributed by atoms with van der Waals surface area (Å²) in [5.74, 6) is -0.743. The number of nitrogens with one attached hydrogen (secondary N) is 1. The maximum Gasteiger partial charge on any atom is 0.162 e. The van der Waals surface area contributed by atoms with E-state index in [0.29, 0.717) is 12.6 Å². The molecule has 108 valence electrons. The molecule has 2 aromatic rings. The van der Waals surface area contributed by atoms with Crippen LogP contribution in [0.1, 0.15) is 25.2 Å². The molecule has 5 heteroatoms. The van der Waals surface area contributed by atoms with Crippen LogP contribution in [0.5, 0.6) is 5.75 Å². The number of furan rings is 1. The first kappa shape index (κ1) is 14.5. The quantitative estimate of drug-likeness (QED) is 0.878. The number of benzene rings is 1. The molecule has 0 saturated carbocycles. The maximum absolute atomic E-state index is 13.1. The van der Waals surface area contributed by atoms with Crippen molar-refractivity contribution in [3.63, 3.8) is 0 Å². The molecular formula is C15H17F2NO2. The first-order valence-electron chi connectivity index (χ1n) is 6.42. The zero-order valence-corrected chi connectivity index (χ0v) is 11.5. The molecule has 0 unspecified atom stereocenters. The van der Waals surface area contributed by atoms with Gasteiger partial charge in [-0.15, -0.1) is 0 Å². The van der Waals surface area contributed by atoms with Crippen LogP contribution in [0.25, 0.3) is 0 Å². The van der Waals surface area contributed by atoms with Gasteiger partial charge in [0.05, 0.1) is 12.8 Å². The van der Waals surface area contributed by atoms with Crippen LogP contribution >= 0.6 is 0 Å². The van der Waals surface area contributed by atoms with Crippen LogP contribution in [-0.4, -0.2) is 6.04 Å². The molecule has 0 aliphatic rings. The van der Waals surface area contributed by atoms with E-state index >= 15 is 0 Å². The fourth-order valence-corrected chi connectivity index (χ4v) is 1.68. The van der Waals surface area contributed by atoms with E-state index in [1.165, 1.54) is 6.07 Å². The van der Waals surface area contributed by atoms with Gasteiger partial charge in [0, 0.05) is 17.7 Å². The molecule has 0 saturated heterocycles. The molecule has 0 radical (unpaired) electrons. The smallest absolute Gasteiger partial charge is 0.162 e. The van der Waals surface area contributed by atoms with E-state index in [4.69, 9.17) is 9.15 Å². The normalized spacial score (nSPS) is 11.1. The van der Waals surface area contributed by atoms with E-state index in [2.05, 4.69) is 5.32 Å². The average molecular weight is 281 g/mol. The van der Waals surface area contributed by atoms with Gasteiger partial charge in [-0.1, -0.05) is 13.8 Å². The predicted molar refractivity (Wildman–Crippen MR) is 71.4 cm³/mol. The second-order valence-electron chi connectivity index (χ2n) is 4.77. The highest BCUT2D eigenvalue weighted by Gasteiger charge is 2.09. The topological polar surface area (TPSA) is 34.4 Å². The number of hydrogen-bond donors (Lipinski definition) is 1. The Balaban J connectivity index is 1.96. The first-order valence-corrected chi connectivity index (χ1v) is 6.42. The summed E-state index contributed by atoms with van der Waals surface area (Å²) in [6, 6.07) is 5.62. The van der Waals surface area contributed by atoms with E-state index in [9.17, 15) is 8.78 Å². The molecular weight excluding hydrogens is 264 g/mol. The van der Waals surface area contributed by atoms with Crippen LogP contribution < -0.4 is 10.1 Å². The summed E-state index contributed by atoms with van der Waals surface area (Å²) in [5, 5.41) is 3.24. The van der Waals surface area contributed by atoms with Gasteiger partial charge < -0.3 is 14.5 Å². The van der Waals surface area contributed by atoms with E-state index in [-0.39, 0.29) is 12.4 Å². The van der Waals surface area contributed by atoms with Gasteiger partial charge >= 0.3 is 0 Å². The van der Waals surface area contributed by atoms with Gasteiger partial charge in [0.15, 0.2) is 11.6 Å². The number of ether oxygens (including phenoxy) is 1. The number of rotatable bonds is 6. The fourth-order valence-electron chi connectivity index (χ4n) is 1.68. The molecule has 3 nitrogen and oxygen atoms in total. The third kappa shape index (κ3) is 3.81. The van der Waals surface area contributed by atoms with Crippen molar-refractivity contribution in [3.05, 3.63) is 53.5 Å². The number of halogens is 2. The highest BCUT2D eigenvalue weighted by Crippen LogP contribution is 2.18. The third-order valence-electron chi connectivity index (χ3n) is 2.79. The van der Waals surface area contributed by atoms with Gasteiger partial charge in [-0.05, 0) is 18.2 Å². The fraction of sp³-hybridized carbons (Fsp3) is 0.333. The Labute approximate surface area is 116 Å². The van der Waals surface area contributed by atoms with Crippen molar-refractivity contribution in [1.29, 1.82) is 0 Å². The standard InChI is InChI=1S/C15H17F2NO2/c1-10(2)18-8-15-11(5-6-19-15)9-20-12-3-4-13(16)14(17)7-12/h3-7,10,18H,8-9H2,1-2H3. The Kier molecular flexibility index (Phi) is 4.74. The van der Waals surface area contributed by atoms with E-state index in [0.717, 1.165) is 23.5 Å². The van der Waals surface area contributed by atoms with Crippen molar-refractivity contribution < 1.29 is 17.9 Å². The summed E-state index contributed by atoms with van der Waals surface area (Å²) in [4.78, 5) is 0. The minimum atomic E-state index is -0.920. The molecule has 0 fully saturated rings. The Hall–Kier alpha value is -1.88. The summed E-state index contributed by atoms with van der Waals surface area (Å²) in [6.45, 7) is 4.93. The largest absolute Gasteiger partial charge is 0.489 e. The molecule has 1 N–H and O–H groups in total. The second kappa shape index (κ2) is 6.52. The van der Waals surface area contributed by atoms with Crippen LogP contribution in [-0.2, 0) is 13.2 Å². The minimum absolute atomic E-state index is 0.247. The average Bonchev–Trinajstić information content (AvgIpc) is 2.85. The van der Waals surface area contributed by atoms with Gasteiger partial charge in [-0.25, -0.2) is 8.78 Å². The Bertz CT molecular complexity index is 567. The zero-order valence-electron chi connectivity index (χ0n) is 11.5. The monoisotopic (exact) mass is 281 g/mol. The van der Waals surface area contributed by atoms with Crippen molar-refractivity contribution in [3.8, 4) is 5.75 Å². The van der Waals surface area contributed by atoms with Crippen LogP contribution in [0.2, 0.25) is 0 Å². The minimum Gasteiger partial charge on any atom is -0.489 e. The van der Waals surface area contributed by atoms with Gasteiger partial charge in [0.1, 0.15) is 18.1 Å². The molecule has 0 atom stereocenters. The summed E-state index contributed by atoms with van der Waals surface area (Å²) < 4.78 is 36.7. The molecule has 1 aromatic heterocycles. The lowest BCUT2D eigenvalue weighted by Gasteiger charge is -2.09. The molecule has 0 aliphatic carbocycles. The molecule has 0 amide bonds. The second-order valence-corrected chi connectivity index (χ2v) is 4.77. The lowest BCUT2D eigenvalue weighted by atomic mass is 10.2. The molecule has 0 spiro atoms. The van der Waals surface area contributed by atoms with Crippen molar-refractivity contribution in [1.82, 2.24) is 5.32 Å². The van der Waals surface area contributed by atoms with Crippen LogP contribution in [0, 0.1) is 11.6 Å². The van der Waals surface area contributed by atoms with Crippen molar-refractivity contribution >= 4 is 0 Å².